The van der Waals surface area contributed by atoms with Crippen LogP contribution in [0.15, 0.2) is 30.6 Å². The molecule has 0 radical (unpaired) electrons. The van der Waals surface area contributed by atoms with Crippen molar-refractivity contribution in [1.82, 2.24) is 9.55 Å². The van der Waals surface area contributed by atoms with E-state index in [-0.39, 0.29) is 0 Å². The molecule has 0 fully saturated rings. The minimum Gasteiger partial charge on any atom is -0.485 e. The Balaban J connectivity index is 2.18. The van der Waals surface area contributed by atoms with E-state index in [2.05, 4.69) is 4.98 Å². The van der Waals surface area contributed by atoms with Crippen molar-refractivity contribution >= 4 is 0 Å². The summed E-state index contributed by atoms with van der Waals surface area (Å²) < 4.78 is 7.68. The fraction of sp³-hybridized carbons (Fsp3) is 0.357. The van der Waals surface area contributed by atoms with Gasteiger partial charge in [-0.15, -0.1) is 0 Å². The Kier molecular flexibility index (Phi) is 3.67. The van der Waals surface area contributed by atoms with Crippen molar-refractivity contribution in [2.75, 3.05) is 0 Å². The number of nitrogens with zero attached hydrogens (tertiary/aromatic N) is 2. The summed E-state index contributed by atoms with van der Waals surface area (Å²) in [5.41, 5.74) is 1.91. The Morgan fingerprint density at radius 1 is 1.44 bits per heavy atom. The van der Waals surface area contributed by atoms with Crippen LogP contribution in [0.5, 0.6) is 5.75 Å². The Bertz CT molecular complexity index is 532. The van der Waals surface area contributed by atoms with E-state index in [1.165, 1.54) is 0 Å². The first-order valence-corrected chi connectivity index (χ1v) is 5.95. The molecule has 4 nitrogen and oxygen atoms in total. The highest BCUT2D eigenvalue weighted by Gasteiger charge is 2.10. The van der Waals surface area contributed by atoms with Crippen molar-refractivity contribution in [1.29, 1.82) is 0 Å². The van der Waals surface area contributed by atoms with Crippen molar-refractivity contribution in [3.05, 3.63) is 47.5 Å². The van der Waals surface area contributed by atoms with Crippen molar-refractivity contribution in [3.63, 3.8) is 0 Å². The van der Waals surface area contributed by atoms with Gasteiger partial charge in [-0.2, -0.15) is 0 Å². The lowest BCUT2D eigenvalue weighted by atomic mass is 10.1. The van der Waals surface area contributed by atoms with Crippen LogP contribution in [0.3, 0.4) is 0 Å². The normalized spacial score (nSPS) is 12.4. The van der Waals surface area contributed by atoms with Crippen LogP contribution < -0.4 is 4.74 Å². The molecule has 0 amide bonds. The molecule has 0 aliphatic carbocycles. The van der Waals surface area contributed by atoms with Gasteiger partial charge in [0.25, 0.3) is 0 Å². The molecule has 2 aromatic rings. The van der Waals surface area contributed by atoms with Crippen LogP contribution in [0.25, 0.3) is 0 Å². The van der Waals surface area contributed by atoms with E-state index >= 15 is 0 Å². The molecule has 0 saturated carbocycles. The zero-order valence-electron chi connectivity index (χ0n) is 10.9. The van der Waals surface area contributed by atoms with Crippen LogP contribution in [0, 0.1) is 6.92 Å². The standard InChI is InChI=1S/C14H18N2O2/c1-10-4-5-12(11(2)17)13(8-10)18-9-14-15-6-7-16(14)3/h4-8,11,17H,9H2,1-3H3/t11-/m1/s1. The van der Waals surface area contributed by atoms with Crippen LogP contribution in [-0.2, 0) is 13.7 Å². The van der Waals surface area contributed by atoms with E-state index in [1.54, 1.807) is 13.1 Å². The largest absolute Gasteiger partial charge is 0.485 e. The van der Waals surface area contributed by atoms with E-state index in [0.29, 0.717) is 12.4 Å². The van der Waals surface area contributed by atoms with Crippen molar-refractivity contribution in [2.45, 2.75) is 26.6 Å². The highest BCUT2D eigenvalue weighted by Crippen LogP contribution is 2.26. The topological polar surface area (TPSA) is 47.3 Å². The zero-order valence-corrected chi connectivity index (χ0v) is 10.9. The van der Waals surface area contributed by atoms with Crippen molar-refractivity contribution in [2.24, 2.45) is 7.05 Å². The molecule has 4 heteroatoms. The monoisotopic (exact) mass is 246 g/mol. The van der Waals surface area contributed by atoms with Gasteiger partial charge in [0.2, 0.25) is 0 Å². The van der Waals surface area contributed by atoms with E-state index in [0.717, 1.165) is 17.0 Å². The summed E-state index contributed by atoms with van der Waals surface area (Å²) in [7, 11) is 1.93. The van der Waals surface area contributed by atoms with E-state index in [1.807, 2.05) is 42.9 Å². The van der Waals surface area contributed by atoms with Crippen LogP contribution in [0.2, 0.25) is 0 Å². The number of aromatic nitrogens is 2. The number of aliphatic hydroxyl groups is 1. The maximum absolute atomic E-state index is 9.71. The molecule has 1 atom stereocenters. The lowest BCUT2D eigenvalue weighted by Crippen LogP contribution is -2.05. The fourth-order valence-corrected chi connectivity index (χ4v) is 1.79. The minimum atomic E-state index is -0.540. The number of ether oxygens (including phenoxy) is 1. The molecule has 1 aromatic carbocycles. The van der Waals surface area contributed by atoms with Gasteiger partial charge in [0.05, 0.1) is 6.10 Å². The Morgan fingerprint density at radius 2 is 2.22 bits per heavy atom. The van der Waals surface area contributed by atoms with E-state index in [9.17, 15) is 5.11 Å². The van der Waals surface area contributed by atoms with Crippen molar-refractivity contribution in [3.8, 4) is 5.75 Å². The quantitative estimate of drug-likeness (QED) is 0.900. The van der Waals surface area contributed by atoms with E-state index in [4.69, 9.17) is 4.74 Å². The van der Waals surface area contributed by atoms with Gasteiger partial charge in [0, 0.05) is 25.0 Å². The summed E-state index contributed by atoms with van der Waals surface area (Å²) >= 11 is 0. The number of rotatable bonds is 4. The second-order valence-electron chi connectivity index (χ2n) is 4.46. The molecule has 96 valence electrons. The minimum absolute atomic E-state index is 0.396. The predicted octanol–water partition coefficient (Wildman–Crippen LogP) is 2.36. The predicted molar refractivity (Wildman–Crippen MR) is 69.4 cm³/mol. The smallest absolute Gasteiger partial charge is 0.146 e. The van der Waals surface area contributed by atoms with Gasteiger partial charge >= 0.3 is 0 Å². The third-order valence-electron chi connectivity index (χ3n) is 2.90. The number of hydrogen-bond donors (Lipinski definition) is 1. The van der Waals surface area contributed by atoms with Crippen molar-refractivity contribution < 1.29 is 9.84 Å². The first kappa shape index (κ1) is 12.6. The molecule has 0 spiro atoms. The van der Waals surface area contributed by atoms with Gasteiger partial charge in [-0.1, -0.05) is 12.1 Å². The van der Waals surface area contributed by atoms with Crippen LogP contribution in [0.4, 0.5) is 0 Å². The molecular formula is C14H18N2O2. The molecule has 1 N–H and O–H groups in total. The molecule has 0 bridgehead atoms. The van der Waals surface area contributed by atoms with Crippen LogP contribution in [0.1, 0.15) is 30.0 Å². The molecule has 0 saturated heterocycles. The Morgan fingerprint density at radius 3 is 2.83 bits per heavy atom. The third kappa shape index (κ3) is 2.71. The Labute approximate surface area is 107 Å². The fourth-order valence-electron chi connectivity index (χ4n) is 1.79. The SMILES string of the molecule is Cc1ccc([C@@H](C)O)c(OCc2nccn2C)c1. The summed E-state index contributed by atoms with van der Waals surface area (Å²) in [6.45, 7) is 4.13. The summed E-state index contributed by atoms with van der Waals surface area (Å²) in [5, 5.41) is 9.71. The first-order valence-electron chi connectivity index (χ1n) is 5.95. The molecule has 18 heavy (non-hydrogen) atoms. The average Bonchev–Trinajstić information content (AvgIpc) is 2.72. The maximum atomic E-state index is 9.71. The van der Waals surface area contributed by atoms with E-state index < -0.39 is 6.10 Å². The molecule has 0 aliphatic rings. The van der Waals surface area contributed by atoms with Gasteiger partial charge < -0.3 is 14.4 Å². The van der Waals surface area contributed by atoms with Gasteiger partial charge in [-0.25, -0.2) is 4.98 Å². The summed E-state index contributed by atoms with van der Waals surface area (Å²) in [6, 6.07) is 5.80. The lowest BCUT2D eigenvalue weighted by Gasteiger charge is -2.14. The lowest BCUT2D eigenvalue weighted by molar-refractivity contribution is 0.189. The highest BCUT2D eigenvalue weighted by molar-refractivity contribution is 5.38. The zero-order chi connectivity index (χ0) is 13.1. The highest BCUT2D eigenvalue weighted by atomic mass is 16.5. The van der Waals surface area contributed by atoms with Crippen LogP contribution in [-0.4, -0.2) is 14.7 Å². The molecule has 0 aliphatic heterocycles. The van der Waals surface area contributed by atoms with Gasteiger partial charge in [0.15, 0.2) is 0 Å². The van der Waals surface area contributed by atoms with Gasteiger partial charge in [0.1, 0.15) is 18.2 Å². The second kappa shape index (κ2) is 5.23. The van der Waals surface area contributed by atoms with Gasteiger partial charge in [-0.05, 0) is 25.5 Å². The molecule has 1 heterocycles. The second-order valence-corrected chi connectivity index (χ2v) is 4.46. The summed E-state index contributed by atoms with van der Waals surface area (Å²) in [4.78, 5) is 4.20. The third-order valence-corrected chi connectivity index (χ3v) is 2.90. The summed E-state index contributed by atoms with van der Waals surface area (Å²) in [5.74, 6) is 1.57. The number of aryl methyl sites for hydroxylation is 2. The first-order chi connectivity index (χ1) is 8.58. The molecule has 2 rings (SSSR count). The van der Waals surface area contributed by atoms with Crippen LogP contribution >= 0.6 is 0 Å². The molecule has 0 unspecified atom stereocenters. The maximum Gasteiger partial charge on any atom is 0.146 e. The van der Waals surface area contributed by atoms with Gasteiger partial charge in [-0.3, -0.25) is 0 Å². The number of aliphatic hydroxyl groups excluding tert-OH is 1. The average molecular weight is 246 g/mol. The summed E-state index contributed by atoms with van der Waals surface area (Å²) in [6.07, 6.45) is 3.08. The number of benzene rings is 1. The molecular weight excluding hydrogens is 228 g/mol. The molecule has 1 aromatic heterocycles. The number of hydrogen-bond acceptors (Lipinski definition) is 3. The Hall–Kier alpha value is -1.81. The number of imidazole rings is 1.